The number of hydrogen-bond acceptors (Lipinski definition) is 6. The fourth-order valence-electron chi connectivity index (χ4n) is 2.61. The van der Waals surface area contributed by atoms with Gasteiger partial charge in [-0.25, -0.2) is 9.78 Å². The summed E-state index contributed by atoms with van der Waals surface area (Å²) in [4.78, 5) is 40.9. The van der Waals surface area contributed by atoms with Gasteiger partial charge in [-0.1, -0.05) is 60.7 Å². The Morgan fingerprint density at radius 1 is 1.03 bits per heavy atom. The van der Waals surface area contributed by atoms with Crippen molar-refractivity contribution in [1.82, 2.24) is 10.3 Å². The van der Waals surface area contributed by atoms with Crippen molar-refractivity contribution in [2.45, 2.75) is 20.0 Å². The molecule has 7 nitrogen and oxygen atoms in total. The highest BCUT2D eigenvalue weighted by atomic mass is 32.1. The van der Waals surface area contributed by atoms with Crippen LogP contribution in [0.3, 0.4) is 0 Å². The van der Waals surface area contributed by atoms with E-state index >= 15 is 0 Å². The number of carbonyl (C=O) groups excluding carboxylic acids is 3. The number of nitrogens with zero attached hydrogens (tertiary/aromatic N) is 1. The van der Waals surface area contributed by atoms with E-state index in [0.717, 1.165) is 11.3 Å². The third kappa shape index (κ3) is 6.35. The largest absolute Gasteiger partial charge is 0.448 e. The Balaban J connectivity index is 1.65. The zero-order valence-electron chi connectivity index (χ0n) is 17.0. The number of thiazole rings is 1. The normalized spacial score (nSPS) is 12.0. The summed E-state index contributed by atoms with van der Waals surface area (Å²) in [7, 11) is 0. The Labute approximate surface area is 183 Å². The van der Waals surface area contributed by atoms with Crippen LogP contribution in [0.5, 0.6) is 0 Å². The Bertz CT molecular complexity index is 1090. The molecule has 2 aromatic carbocycles. The number of esters is 1. The standard InChI is InChI=1S/C23H21N3O4S/c1-15(21(28)26-23-25-20(14-31-23)18-11-7-4-8-12-18)30-22(29)19(24-16(2)27)13-17-9-5-3-6-10-17/h3-15H,1-2H3,(H,24,27)(H,25,26,28)/b19-13+/t15-/m1/s1. The molecule has 0 fully saturated rings. The van der Waals surface area contributed by atoms with Crippen LogP contribution in [-0.2, 0) is 19.1 Å². The molecule has 0 aliphatic heterocycles. The predicted molar refractivity (Wildman–Crippen MR) is 120 cm³/mol. The fourth-order valence-corrected chi connectivity index (χ4v) is 3.33. The molecule has 0 unspecified atom stereocenters. The molecule has 0 aliphatic rings. The van der Waals surface area contributed by atoms with Gasteiger partial charge < -0.3 is 10.1 Å². The molecule has 0 saturated carbocycles. The van der Waals surface area contributed by atoms with E-state index in [4.69, 9.17) is 4.74 Å². The summed E-state index contributed by atoms with van der Waals surface area (Å²) in [6.45, 7) is 2.74. The molecule has 1 atom stereocenters. The van der Waals surface area contributed by atoms with Crippen LogP contribution in [0.4, 0.5) is 5.13 Å². The average Bonchev–Trinajstić information content (AvgIpc) is 3.22. The first kappa shape index (κ1) is 21.9. The molecule has 3 rings (SSSR count). The predicted octanol–water partition coefficient (Wildman–Crippen LogP) is 3.86. The van der Waals surface area contributed by atoms with Crippen LogP contribution in [0.25, 0.3) is 17.3 Å². The van der Waals surface area contributed by atoms with Crippen molar-refractivity contribution < 1.29 is 19.1 Å². The van der Waals surface area contributed by atoms with Crippen LogP contribution in [-0.4, -0.2) is 28.9 Å². The van der Waals surface area contributed by atoms with Crippen molar-refractivity contribution in [3.8, 4) is 11.3 Å². The highest BCUT2D eigenvalue weighted by molar-refractivity contribution is 7.14. The van der Waals surface area contributed by atoms with E-state index in [9.17, 15) is 14.4 Å². The summed E-state index contributed by atoms with van der Waals surface area (Å²) < 4.78 is 5.25. The SMILES string of the molecule is CC(=O)N/C(=C/c1ccccc1)C(=O)O[C@H](C)C(=O)Nc1nc(-c2ccccc2)cs1. The highest BCUT2D eigenvalue weighted by Crippen LogP contribution is 2.24. The van der Waals surface area contributed by atoms with Crippen LogP contribution in [0.15, 0.2) is 71.7 Å². The first-order chi connectivity index (χ1) is 14.9. The lowest BCUT2D eigenvalue weighted by molar-refractivity contribution is -0.149. The third-order valence-corrected chi connectivity index (χ3v) is 4.86. The molecular weight excluding hydrogens is 414 g/mol. The second kappa shape index (κ2) is 10.3. The van der Waals surface area contributed by atoms with Gasteiger partial charge in [-0.15, -0.1) is 11.3 Å². The minimum absolute atomic E-state index is 0.0565. The van der Waals surface area contributed by atoms with E-state index in [0.29, 0.717) is 10.7 Å². The molecule has 0 aliphatic carbocycles. The van der Waals surface area contributed by atoms with E-state index in [2.05, 4.69) is 15.6 Å². The Kier molecular flexibility index (Phi) is 7.29. The van der Waals surface area contributed by atoms with Crippen LogP contribution in [0.1, 0.15) is 19.4 Å². The Morgan fingerprint density at radius 3 is 2.32 bits per heavy atom. The number of carbonyl (C=O) groups is 3. The zero-order chi connectivity index (χ0) is 22.2. The Hall–Kier alpha value is -3.78. The van der Waals surface area contributed by atoms with E-state index < -0.39 is 23.9 Å². The second-order valence-corrected chi connectivity index (χ2v) is 7.45. The fraction of sp³-hybridized carbons (Fsp3) is 0.130. The quantitative estimate of drug-likeness (QED) is 0.434. The van der Waals surface area contributed by atoms with Crippen LogP contribution in [0, 0.1) is 0 Å². The van der Waals surface area contributed by atoms with Crippen LogP contribution < -0.4 is 10.6 Å². The summed E-state index contributed by atoms with van der Waals surface area (Å²) in [6, 6.07) is 18.6. The molecular formula is C23H21N3O4S. The maximum atomic E-state index is 12.5. The van der Waals surface area contributed by atoms with Crippen molar-refractivity contribution >= 4 is 40.3 Å². The van der Waals surface area contributed by atoms with Crippen molar-refractivity contribution in [3.63, 3.8) is 0 Å². The van der Waals surface area contributed by atoms with Gasteiger partial charge in [0.2, 0.25) is 5.91 Å². The lowest BCUT2D eigenvalue weighted by atomic mass is 10.2. The van der Waals surface area contributed by atoms with E-state index in [1.54, 1.807) is 24.3 Å². The monoisotopic (exact) mass is 435 g/mol. The molecule has 2 amide bonds. The first-order valence-electron chi connectivity index (χ1n) is 9.49. The summed E-state index contributed by atoms with van der Waals surface area (Å²) in [5, 5.41) is 7.33. The maximum Gasteiger partial charge on any atom is 0.355 e. The van der Waals surface area contributed by atoms with E-state index in [1.807, 2.05) is 41.8 Å². The average molecular weight is 436 g/mol. The maximum absolute atomic E-state index is 12.5. The number of amides is 2. The van der Waals surface area contributed by atoms with Gasteiger partial charge in [0.1, 0.15) is 5.70 Å². The van der Waals surface area contributed by atoms with E-state index in [1.165, 1.54) is 31.3 Å². The van der Waals surface area contributed by atoms with Gasteiger partial charge in [0.05, 0.1) is 5.69 Å². The highest BCUT2D eigenvalue weighted by Gasteiger charge is 2.22. The van der Waals surface area contributed by atoms with E-state index in [-0.39, 0.29) is 5.70 Å². The second-order valence-electron chi connectivity index (χ2n) is 6.59. The van der Waals surface area contributed by atoms with Crippen LogP contribution >= 0.6 is 11.3 Å². The van der Waals surface area contributed by atoms with Gasteiger partial charge in [-0.2, -0.15) is 0 Å². The number of anilines is 1. The number of nitrogens with one attached hydrogen (secondary N) is 2. The van der Waals surface area contributed by atoms with Gasteiger partial charge in [0.25, 0.3) is 5.91 Å². The van der Waals surface area contributed by atoms with Crippen molar-refractivity contribution in [2.75, 3.05) is 5.32 Å². The zero-order valence-corrected chi connectivity index (χ0v) is 17.8. The van der Waals surface area contributed by atoms with Gasteiger partial charge >= 0.3 is 5.97 Å². The van der Waals surface area contributed by atoms with Crippen molar-refractivity contribution in [2.24, 2.45) is 0 Å². The number of aromatic nitrogens is 1. The van der Waals surface area contributed by atoms with Gasteiger partial charge in [0.15, 0.2) is 11.2 Å². The lowest BCUT2D eigenvalue weighted by Gasteiger charge is -2.14. The van der Waals surface area contributed by atoms with Gasteiger partial charge in [-0.3, -0.25) is 14.9 Å². The third-order valence-electron chi connectivity index (χ3n) is 4.10. The molecule has 31 heavy (non-hydrogen) atoms. The molecule has 1 aromatic heterocycles. The molecule has 158 valence electrons. The number of rotatable bonds is 7. The summed E-state index contributed by atoms with van der Waals surface area (Å²) in [5.41, 5.74) is 2.32. The summed E-state index contributed by atoms with van der Waals surface area (Å²) in [5.74, 6) is -1.76. The smallest absolute Gasteiger partial charge is 0.355 e. The molecule has 0 spiro atoms. The molecule has 1 heterocycles. The first-order valence-corrected chi connectivity index (χ1v) is 10.4. The number of benzene rings is 2. The van der Waals surface area contributed by atoms with Crippen LogP contribution in [0.2, 0.25) is 0 Å². The van der Waals surface area contributed by atoms with Crippen molar-refractivity contribution in [1.29, 1.82) is 0 Å². The summed E-state index contributed by atoms with van der Waals surface area (Å²) in [6.07, 6.45) is 0.394. The molecule has 8 heteroatoms. The molecule has 2 N–H and O–H groups in total. The van der Waals surface area contributed by atoms with Crippen molar-refractivity contribution in [3.05, 3.63) is 77.3 Å². The Morgan fingerprint density at radius 2 is 1.68 bits per heavy atom. The van der Waals surface area contributed by atoms with Gasteiger partial charge in [-0.05, 0) is 18.6 Å². The number of hydrogen-bond donors (Lipinski definition) is 2. The molecule has 0 bridgehead atoms. The topological polar surface area (TPSA) is 97.4 Å². The number of ether oxygens (including phenoxy) is 1. The minimum Gasteiger partial charge on any atom is -0.448 e. The minimum atomic E-state index is -1.09. The molecule has 0 radical (unpaired) electrons. The summed E-state index contributed by atoms with van der Waals surface area (Å²) >= 11 is 1.27. The lowest BCUT2D eigenvalue weighted by Crippen LogP contribution is -2.33. The molecule has 0 saturated heterocycles. The van der Waals surface area contributed by atoms with Gasteiger partial charge in [0, 0.05) is 17.9 Å². The molecule has 3 aromatic rings.